The molecule has 39 heavy (non-hydrogen) atoms. The Labute approximate surface area is 235 Å². The Bertz CT molecular complexity index is 1470. The molecule has 1 saturated heterocycles. The molecule has 1 fully saturated rings. The van der Waals surface area contributed by atoms with E-state index in [2.05, 4.69) is 65.6 Å². The minimum atomic E-state index is -0.528. The maximum absolute atomic E-state index is 13.5. The third-order valence-corrected chi connectivity index (χ3v) is 9.52. The minimum Gasteiger partial charge on any atom is -0.502 e. The van der Waals surface area contributed by atoms with Gasteiger partial charge in [0.1, 0.15) is 12.0 Å². The molecule has 2 N–H and O–H groups in total. The highest BCUT2D eigenvalue weighted by molar-refractivity contribution is 7.98. The number of fused-ring (bicyclic) bond motifs is 4. The maximum Gasteiger partial charge on any atom is 0.278 e. The summed E-state index contributed by atoms with van der Waals surface area (Å²) < 4.78 is 15.0. The van der Waals surface area contributed by atoms with E-state index in [1.54, 1.807) is 22.7 Å². The van der Waals surface area contributed by atoms with Gasteiger partial charge in [0.05, 0.1) is 0 Å². The molecule has 4 heterocycles. The first kappa shape index (κ1) is 28.7. The van der Waals surface area contributed by atoms with Crippen LogP contribution in [0.1, 0.15) is 60.3 Å². The number of terminal acetylenes is 1. The first-order chi connectivity index (χ1) is 18.7. The zero-order valence-corrected chi connectivity index (χ0v) is 24.1. The van der Waals surface area contributed by atoms with E-state index in [1.807, 2.05) is 6.07 Å². The molecule has 3 aliphatic rings. The van der Waals surface area contributed by atoms with Gasteiger partial charge >= 0.3 is 0 Å². The molecule has 2 unspecified atom stereocenters. The van der Waals surface area contributed by atoms with Gasteiger partial charge in [-0.3, -0.25) is 14.3 Å². The van der Waals surface area contributed by atoms with E-state index in [1.165, 1.54) is 33.0 Å². The highest BCUT2D eigenvalue weighted by atomic mass is 32.2. The van der Waals surface area contributed by atoms with Gasteiger partial charge in [-0.2, -0.15) is 0 Å². The molecule has 3 aliphatic heterocycles. The van der Waals surface area contributed by atoms with Crippen molar-refractivity contribution in [2.24, 2.45) is 5.41 Å². The number of benzene rings is 2. The Hall–Kier alpha value is -3.27. The van der Waals surface area contributed by atoms with Crippen molar-refractivity contribution in [3.8, 4) is 18.6 Å². The minimum absolute atomic E-state index is 0.0362. The van der Waals surface area contributed by atoms with Gasteiger partial charge in [-0.25, -0.2) is 4.39 Å². The Morgan fingerprint density at radius 3 is 2.67 bits per heavy atom. The summed E-state index contributed by atoms with van der Waals surface area (Å²) in [7, 11) is 2.54. The molecule has 204 valence electrons. The average molecular weight is 566 g/mol. The summed E-state index contributed by atoms with van der Waals surface area (Å²) in [5, 5.41) is 10.6. The van der Waals surface area contributed by atoms with Crippen LogP contribution in [0.3, 0.4) is 0 Å². The van der Waals surface area contributed by atoms with Gasteiger partial charge in [-0.1, -0.05) is 38.1 Å². The highest BCUT2D eigenvalue weighted by Crippen LogP contribution is 2.37. The Kier molecular flexibility index (Phi) is 8.73. The second-order valence-electron chi connectivity index (χ2n) is 10.2. The van der Waals surface area contributed by atoms with E-state index in [4.69, 9.17) is 0 Å². The number of carbonyl (C=O) groups excluding carboxylic acids is 1. The number of rotatable bonds is 1. The third kappa shape index (κ3) is 5.71. The molecule has 0 radical (unpaired) electrons. The predicted octanol–water partition coefficient (Wildman–Crippen LogP) is 4.86. The van der Waals surface area contributed by atoms with Crippen molar-refractivity contribution in [1.82, 2.24) is 9.58 Å². The number of amides is 1. The second kappa shape index (κ2) is 11.9. The monoisotopic (exact) mass is 565 g/mol. The van der Waals surface area contributed by atoms with Crippen molar-refractivity contribution < 1.29 is 14.3 Å². The lowest BCUT2D eigenvalue weighted by molar-refractivity contribution is 0.0302. The van der Waals surface area contributed by atoms with Crippen LogP contribution < -0.4 is 16.2 Å². The van der Waals surface area contributed by atoms with Gasteiger partial charge in [-0.15, -0.1) is 33.8 Å². The molecule has 0 aliphatic carbocycles. The quantitative estimate of drug-likeness (QED) is 0.326. The summed E-state index contributed by atoms with van der Waals surface area (Å²) >= 11 is 1.80. The SMILES string of the molecule is C#C.CCC1(C)CC[C@H]2Nn3ccc(=O)c(O)c3C(=O)N2C1.Fc1ccc2c(c1P)CSc1ccccc1C2. The van der Waals surface area contributed by atoms with Gasteiger partial charge in [0.25, 0.3) is 5.91 Å². The normalized spacial score (nSPS) is 20.7. The lowest BCUT2D eigenvalue weighted by Gasteiger charge is -2.48. The number of aromatic hydroxyl groups is 1. The van der Waals surface area contributed by atoms with Crippen LogP contribution in [0, 0.1) is 24.1 Å². The molecule has 0 saturated carbocycles. The van der Waals surface area contributed by atoms with Crippen LogP contribution in [0.4, 0.5) is 4.39 Å². The fraction of sp³-hybridized carbons (Fsp3) is 0.333. The Balaban J connectivity index is 0.000000172. The number of hydrogen-bond acceptors (Lipinski definition) is 5. The number of pyridine rings is 1. The van der Waals surface area contributed by atoms with E-state index < -0.39 is 11.2 Å². The summed E-state index contributed by atoms with van der Waals surface area (Å²) in [5.41, 5.74) is 6.51. The number of nitrogens with one attached hydrogen (secondary N) is 1. The second-order valence-corrected chi connectivity index (χ2v) is 11.8. The van der Waals surface area contributed by atoms with E-state index in [0.29, 0.717) is 6.54 Å². The average Bonchev–Trinajstić information content (AvgIpc) is 3.15. The fourth-order valence-corrected chi connectivity index (χ4v) is 6.85. The maximum atomic E-state index is 13.5. The zero-order chi connectivity index (χ0) is 28.3. The summed E-state index contributed by atoms with van der Waals surface area (Å²) in [5.74, 6) is -0.0287. The number of aromatic nitrogens is 1. The van der Waals surface area contributed by atoms with Crippen molar-refractivity contribution in [3.63, 3.8) is 0 Å². The van der Waals surface area contributed by atoms with E-state index in [0.717, 1.165) is 42.3 Å². The number of halogens is 1. The van der Waals surface area contributed by atoms with E-state index >= 15 is 0 Å². The molecule has 1 amide bonds. The molecule has 0 spiro atoms. The van der Waals surface area contributed by atoms with Gasteiger partial charge in [0.15, 0.2) is 11.4 Å². The molecule has 6 nitrogen and oxygen atoms in total. The predicted molar refractivity (Wildman–Crippen MR) is 159 cm³/mol. The van der Waals surface area contributed by atoms with Crippen molar-refractivity contribution in [3.05, 3.63) is 87.1 Å². The van der Waals surface area contributed by atoms with E-state index in [9.17, 15) is 19.1 Å². The van der Waals surface area contributed by atoms with Crippen LogP contribution >= 0.6 is 21.0 Å². The van der Waals surface area contributed by atoms with Crippen molar-refractivity contribution in [1.29, 1.82) is 0 Å². The summed E-state index contributed by atoms with van der Waals surface area (Å²) in [6.07, 6.45) is 13.2. The standard InChI is InChI=1S/C14H12FPS.C14H19N3O3.C2H2/c15-12-6-5-9-7-10-3-1-2-4-13(10)17-8-11(9)14(12)16;1-3-14(2)6-4-10-15-17-7-5-9(18)12(19)11(17)13(20)16(10)8-14;1-2/h1-6H,7-8,16H2;5,7,10,15,19H,3-4,6,8H2,1-2H3;1-2H/t;10-,14?;/m.0./s1. The number of piperidine rings is 1. The van der Waals surface area contributed by atoms with E-state index in [-0.39, 0.29) is 29.0 Å². The fourth-order valence-electron chi connectivity index (χ4n) is 5.18. The Morgan fingerprint density at radius 2 is 1.92 bits per heavy atom. The lowest BCUT2D eigenvalue weighted by atomic mass is 9.78. The van der Waals surface area contributed by atoms with Gasteiger partial charge in [-0.05, 0) is 59.9 Å². The zero-order valence-electron chi connectivity index (χ0n) is 22.1. The van der Waals surface area contributed by atoms with Gasteiger partial charge in [0, 0.05) is 34.8 Å². The van der Waals surface area contributed by atoms with Crippen LogP contribution in [0.25, 0.3) is 0 Å². The molecule has 6 rings (SSSR count). The van der Waals surface area contributed by atoms with Crippen molar-refractivity contribution >= 4 is 32.2 Å². The summed E-state index contributed by atoms with van der Waals surface area (Å²) in [4.78, 5) is 27.2. The highest BCUT2D eigenvalue weighted by Gasteiger charge is 2.42. The van der Waals surface area contributed by atoms with Crippen molar-refractivity contribution in [2.75, 3.05) is 12.0 Å². The number of carbonyl (C=O) groups is 1. The number of hydrogen-bond donors (Lipinski definition) is 2. The largest absolute Gasteiger partial charge is 0.502 e. The van der Waals surface area contributed by atoms with Gasteiger partial charge < -0.3 is 15.4 Å². The lowest BCUT2D eigenvalue weighted by Crippen LogP contribution is -2.59. The molecule has 9 heteroatoms. The third-order valence-electron chi connectivity index (χ3n) is 7.75. The summed E-state index contributed by atoms with van der Waals surface area (Å²) in [6, 6.07) is 13.2. The van der Waals surface area contributed by atoms with Crippen LogP contribution in [0.2, 0.25) is 0 Å². The van der Waals surface area contributed by atoms with Crippen LogP contribution in [-0.4, -0.2) is 33.3 Å². The summed E-state index contributed by atoms with van der Waals surface area (Å²) in [6.45, 7) is 4.93. The molecule has 3 atom stereocenters. The molecule has 1 aromatic heterocycles. The number of thioether (sulfide) groups is 1. The van der Waals surface area contributed by atoms with Crippen LogP contribution in [-0.2, 0) is 12.2 Å². The molecule has 3 aromatic rings. The first-order valence-electron chi connectivity index (χ1n) is 12.8. The molecular formula is C30H33FN3O3PS. The Morgan fingerprint density at radius 1 is 1.18 bits per heavy atom. The molecule has 0 bridgehead atoms. The first-order valence-corrected chi connectivity index (χ1v) is 14.4. The van der Waals surface area contributed by atoms with Crippen LogP contribution in [0.5, 0.6) is 5.75 Å². The van der Waals surface area contributed by atoms with Crippen molar-refractivity contribution in [2.45, 2.75) is 56.3 Å². The smallest absolute Gasteiger partial charge is 0.278 e. The number of nitrogens with zero attached hydrogens (tertiary/aromatic N) is 2. The molecular weight excluding hydrogens is 532 g/mol. The molecule has 2 aromatic carbocycles. The topological polar surface area (TPSA) is 74.6 Å². The van der Waals surface area contributed by atoms with Crippen LogP contribution in [0.15, 0.2) is 58.4 Å². The van der Waals surface area contributed by atoms with Gasteiger partial charge in [0.2, 0.25) is 5.43 Å².